The van der Waals surface area contributed by atoms with Gasteiger partial charge in [-0.1, -0.05) is 24.1 Å². The van der Waals surface area contributed by atoms with Crippen LogP contribution in [0.5, 0.6) is 0 Å². The summed E-state index contributed by atoms with van der Waals surface area (Å²) in [7, 11) is 0. The molecule has 18 nitrogen and oxygen atoms in total. The summed E-state index contributed by atoms with van der Waals surface area (Å²) in [5, 5.41) is 46.9. The molecule has 0 spiro atoms. The second kappa shape index (κ2) is 24.1. The molecule has 0 aliphatic heterocycles. The van der Waals surface area contributed by atoms with E-state index in [2.05, 4.69) is 27.5 Å². The summed E-state index contributed by atoms with van der Waals surface area (Å²) < 4.78 is 10.6. The number of carboxylic acid groups (broad SMARTS) is 3. The summed E-state index contributed by atoms with van der Waals surface area (Å²) in [6.45, 7) is 0.532. The summed E-state index contributed by atoms with van der Waals surface area (Å²) in [6, 6.07) is 18.7. The van der Waals surface area contributed by atoms with E-state index in [9.17, 15) is 39.6 Å². The van der Waals surface area contributed by atoms with Gasteiger partial charge in [-0.25, -0.2) is 4.98 Å². The third-order valence-corrected chi connectivity index (χ3v) is 8.53. The number of carbonyl (C=O) groups excluding carboxylic acids is 1. The molecule has 0 radical (unpaired) electrons. The fraction of sp³-hybridized carbons (Fsp3) is 0.400. The highest BCUT2D eigenvalue weighted by Gasteiger charge is 2.20. The number of fused-ring (bicyclic) bond motifs is 3. The van der Waals surface area contributed by atoms with Gasteiger partial charge in [0.2, 0.25) is 5.91 Å². The highest BCUT2D eigenvalue weighted by atomic mass is 16.5. The van der Waals surface area contributed by atoms with E-state index in [1.807, 2.05) is 36.4 Å². The smallest absolute Gasteiger partial charge is 0.317 e. The monoisotopic (exact) mass is 802 g/mol. The van der Waals surface area contributed by atoms with Gasteiger partial charge in [-0.15, -0.1) is 0 Å². The molecular weight excluding hydrogens is 752 g/mol. The number of carbonyl (C=O) groups is 4. The van der Waals surface area contributed by atoms with E-state index >= 15 is 0 Å². The SMILES string of the molecule is NCCOCCOCCNC(=O)CN(CCN(CCN(CC(=O)O)C[C@@H](O)Nc1ccc(C#Cc2ccc3ccc4cccnc4c3n2)cc1)CC(=O)O)CC(=O)O. The van der Waals surface area contributed by atoms with Gasteiger partial charge in [-0.2, -0.15) is 0 Å². The first-order chi connectivity index (χ1) is 28.0. The quantitative estimate of drug-likeness (QED) is 0.0194. The molecule has 4 aromatic rings. The third kappa shape index (κ3) is 16.4. The number of nitrogens with zero attached hydrogens (tertiary/aromatic N) is 5. The summed E-state index contributed by atoms with van der Waals surface area (Å²) in [5.41, 5.74) is 8.77. The molecule has 8 N–H and O–H groups in total. The van der Waals surface area contributed by atoms with E-state index < -0.39 is 49.7 Å². The van der Waals surface area contributed by atoms with Crippen molar-refractivity contribution in [2.75, 3.05) is 104 Å². The zero-order valence-electron chi connectivity index (χ0n) is 32.1. The molecule has 4 rings (SSSR count). The molecule has 2 aromatic heterocycles. The number of nitrogens with two attached hydrogens (primary N) is 1. The molecule has 310 valence electrons. The number of carboxylic acids is 3. The Hall–Kier alpha value is -5.78. The Balaban J connectivity index is 1.28. The van der Waals surface area contributed by atoms with Crippen molar-refractivity contribution >= 4 is 51.3 Å². The first kappa shape index (κ1) is 44.9. The number of anilines is 1. The number of ether oxygens (including phenoxy) is 2. The molecule has 1 amide bonds. The van der Waals surface area contributed by atoms with Crippen molar-refractivity contribution in [3.63, 3.8) is 0 Å². The Labute approximate surface area is 335 Å². The molecule has 0 fully saturated rings. The molecule has 18 heteroatoms. The lowest BCUT2D eigenvalue weighted by Gasteiger charge is -2.29. The van der Waals surface area contributed by atoms with E-state index in [1.54, 1.807) is 30.5 Å². The molecule has 58 heavy (non-hydrogen) atoms. The van der Waals surface area contributed by atoms with Crippen LogP contribution in [-0.4, -0.2) is 174 Å². The molecule has 0 aliphatic carbocycles. The number of rotatable bonds is 26. The van der Waals surface area contributed by atoms with Crippen LogP contribution in [-0.2, 0) is 28.7 Å². The number of pyridine rings is 2. The lowest BCUT2D eigenvalue weighted by Crippen LogP contribution is -2.47. The standard InChI is InChI=1S/C40H50N8O10/c41-13-20-57-22-23-58-21-15-42-34(49)24-47(27-37(53)54)18-16-46(26-36(51)52)17-19-48(28-38(55)56)25-35(50)44-32-9-3-29(4-10-32)5-11-33-12-8-31-7-6-30-2-1-14-43-39(30)40(31)45-33/h1-4,6-10,12,14,35,44,50H,13,15-28,41H2,(H,42,49)(H,51,52)(H,53,54)(H,55,56)/t35-/m1/s1. The van der Waals surface area contributed by atoms with Crippen LogP contribution in [0.2, 0.25) is 0 Å². The topological polar surface area (TPSA) is 253 Å². The van der Waals surface area contributed by atoms with Crippen molar-refractivity contribution in [1.29, 1.82) is 0 Å². The fourth-order valence-corrected chi connectivity index (χ4v) is 5.85. The van der Waals surface area contributed by atoms with Gasteiger partial charge in [-0.05, 0) is 48.4 Å². The summed E-state index contributed by atoms with van der Waals surface area (Å²) in [6.07, 6.45) is 0.543. The van der Waals surface area contributed by atoms with Gasteiger partial charge in [0.15, 0.2) is 0 Å². The van der Waals surface area contributed by atoms with E-state index in [0.717, 1.165) is 21.8 Å². The number of aliphatic hydroxyl groups excluding tert-OH is 1. The van der Waals surface area contributed by atoms with Crippen molar-refractivity contribution in [3.8, 4) is 11.8 Å². The van der Waals surface area contributed by atoms with Crippen LogP contribution in [0.4, 0.5) is 5.69 Å². The van der Waals surface area contributed by atoms with Crippen LogP contribution in [0.3, 0.4) is 0 Å². The second-order valence-electron chi connectivity index (χ2n) is 13.2. The molecule has 1 atom stereocenters. The van der Waals surface area contributed by atoms with Gasteiger partial charge in [0.05, 0.1) is 63.6 Å². The Morgan fingerprint density at radius 2 is 1.31 bits per heavy atom. The fourth-order valence-electron chi connectivity index (χ4n) is 5.85. The largest absolute Gasteiger partial charge is 0.480 e. The minimum absolute atomic E-state index is 0.0406. The van der Waals surface area contributed by atoms with Crippen LogP contribution >= 0.6 is 0 Å². The maximum atomic E-state index is 12.5. The van der Waals surface area contributed by atoms with Crippen molar-refractivity contribution < 1.29 is 49.1 Å². The first-order valence-electron chi connectivity index (χ1n) is 18.6. The summed E-state index contributed by atoms with van der Waals surface area (Å²) >= 11 is 0. The third-order valence-electron chi connectivity index (χ3n) is 8.53. The maximum Gasteiger partial charge on any atom is 0.317 e. The number of benzene rings is 2. The lowest BCUT2D eigenvalue weighted by molar-refractivity contribution is -0.141. The number of amides is 1. The molecule has 0 aliphatic rings. The van der Waals surface area contributed by atoms with Gasteiger partial charge in [0, 0.05) is 74.0 Å². The number of aromatic nitrogens is 2. The first-order valence-corrected chi connectivity index (χ1v) is 18.6. The summed E-state index contributed by atoms with van der Waals surface area (Å²) in [4.78, 5) is 60.9. The van der Waals surface area contributed by atoms with Gasteiger partial charge < -0.3 is 46.3 Å². The summed E-state index contributed by atoms with van der Waals surface area (Å²) in [5.74, 6) is 2.30. The molecule has 2 aromatic carbocycles. The van der Waals surface area contributed by atoms with Gasteiger partial charge in [0.25, 0.3) is 0 Å². The maximum absolute atomic E-state index is 12.5. The number of aliphatic carboxylic acids is 3. The van der Waals surface area contributed by atoms with Gasteiger partial charge in [0.1, 0.15) is 11.9 Å². The molecular formula is C40H50N8O10. The Morgan fingerprint density at radius 3 is 2.00 bits per heavy atom. The minimum Gasteiger partial charge on any atom is -0.480 e. The number of hydrogen-bond acceptors (Lipinski definition) is 14. The predicted molar refractivity (Wildman–Crippen MR) is 215 cm³/mol. The van der Waals surface area contributed by atoms with Gasteiger partial charge in [-0.3, -0.25) is 38.9 Å². The number of hydrogen-bond donors (Lipinski definition) is 7. The molecule has 0 unspecified atom stereocenters. The Kier molecular flexibility index (Phi) is 18.7. The van der Waals surface area contributed by atoms with Crippen LogP contribution in [0.1, 0.15) is 11.3 Å². The molecule has 2 heterocycles. The van der Waals surface area contributed by atoms with Crippen molar-refractivity contribution in [3.05, 3.63) is 78.1 Å². The Morgan fingerprint density at radius 1 is 0.707 bits per heavy atom. The average molecular weight is 803 g/mol. The molecule has 0 saturated carbocycles. The van der Waals surface area contributed by atoms with Crippen molar-refractivity contribution in [2.24, 2.45) is 5.73 Å². The van der Waals surface area contributed by atoms with E-state index in [4.69, 9.17) is 20.2 Å². The zero-order valence-corrected chi connectivity index (χ0v) is 32.1. The molecule has 0 bridgehead atoms. The van der Waals surface area contributed by atoms with Crippen LogP contribution in [0.15, 0.2) is 66.9 Å². The second-order valence-corrected chi connectivity index (χ2v) is 13.2. The number of nitrogens with one attached hydrogen (secondary N) is 2. The van der Waals surface area contributed by atoms with Crippen LogP contribution in [0.25, 0.3) is 21.8 Å². The van der Waals surface area contributed by atoms with Crippen molar-refractivity contribution in [2.45, 2.75) is 6.23 Å². The predicted octanol–water partition coefficient (Wildman–Crippen LogP) is 0.181. The average Bonchev–Trinajstić information content (AvgIpc) is 3.18. The van der Waals surface area contributed by atoms with Crippen LogP contribution in [0, 0.1) is 11.8 Å². The van der Waals surface area contributed by atoms with E-state index in [-0.39, 0.29) is 52.4 Å². The van der Waals surface area contributed by atoms with Gasteiger partial charge >= 0.3 is 17.9 Å². The minimum atomic E-state index is -1.19. The number of aliphatic hydroxyl groups is 1. The van der Waals surface area contributed by atoms with Crippen LogP contribution < -0.4 is 16.4 Å². The highest BCUT2D eigenvalue weighted by molar-refractivity contribution is 6.02. The van der Waals surface area contributed by atoms with Crippen molar-refractivity contribution in [1.82, 2.24) is 30.0 Å². The lowest BCUT2D eigenvalue weighted by atomic mass is 10.1. The zero-order chi connectivity index (χ0) is 41.7. The van der Waals surface area contributed by atoms with E-state index in [0.29, 0.717) is 43.3 Å². The highest BCUT2D eigenvalue weighted by Crippen LogP contribution is 2.22. The Bertz CT molecular complexity index is 2020. The molecule has 0 saturated heterocycles. The van der Waals surface area contributed by atoms with E-state index in [1.165, 1.54) is 14.7 Å². The normalized spacial score (nSPS) is 11.8.